The Morgan fingerprint density at radius 3 is 2.31 bits per heavy atom. The number of β-amino-alcohol motifs (C(OH)–C–C–N with tert-alkyl or cyclic N) is 1. The van der Waals surface area contributed by atoms with Gasteiger partial charge in [0.1, 0.15) is 0 Å². The van der Waals surface area contributed by atoms with Gasteiger partial charge in [0.25, 0.3) is 0 Å². The molecule has 3 aromatic rings. The van der Waals surface area contributed by atoms with Crippen molar-refractivity contribution >= 4 is 51.9 Å². The number of halogens is 2. The van der Waals surface area contributed by atoms with Crippen molar-refractivity contribution in [3.8, 4) is 11.1 Å². The first-order valence-corrected chi connectivity index (χ1v) is 14.7. The third kappa shape index (κ3) is 6.63. The van der Waals surface area contributed by atoms with Gasteiger partial charge in [0.05, 0.1) is 38.5 Å². The van der Waals surface area contributed by atoms with Crippen LogP contribution in [-0.2, 0) is 0 Å². The van der Waals surface area contributed by atoms with Crippen molar-refractivity contribution in [3.63, 3.8) is 0 Å². The fraction of sp³-hybridized carbons (Fsp3) is 0.452. The number of carbonyl (C=O) groups excluding carboxylic acids is 2. The summed E-state index contributed by atoms with van der Waals surface area (Å²) in [5.41, 5.74) is 4.42. The molecule has 1 atom stereocenters. The van der Waals surface area contributed by atoms with Gasteiger partial charge < -0.3 is 15.7 Å². The van der Waals surface area contributed by atoms with Crippen LogP contribution >= 0.6 is 23.2 Å². The van der Waals surface area contributed by atoms with Gasteiger partial charge in [0, 0.05) is 30.1 Å². The largest absolute Gasteiger partial charge is 0.392 e. The molecule has 0 radical (unpaired) electrons. The topological polar surface area (TPSA) is 91.3 Å². The van der Waals surface area contributed by atoms with Crippen molar-refractivity contribution in [2.75, 3.05) is 18.4 Å². The van der Waals surface area contributed by atoms with Gasteiger partial charge in [-0.3, -0.25) is 14.6 Å². The number of ketones is 1. The lowest BCUT2D eigenvalue weighted by Crippen LogP contribution is -2.26. The van der Waals surface area contributed by atoms with E-state index in [0.717, 1.165) is 78.8 Å². The van der Waals surface area contributed by atoms with Gasteiger partial charge in [-0.25, -0.2) is 0 Å². The first-order chi connectivity index (χ1) is 18.8. The minimum atomic E-state index is -0.0648. The molecule has 2 saturated carbocycles. The molecule has 8 heteroatoms. The normalized spacial score (nSPS) is 22.7. The summed E-state index contributed by atoms with van der Waals surface area (Å²) < 4.78 is 0. The number of carbonyl (C=O) groups is 2. The average Bonchev–Trinajstić information content (AvgIpc) is 3.68. The highest BCUT2D eigenvalue weighted by Crippen LogP contribution is 2.39. The molecule has 39 heavy (non-hydrogen) atoms. The van der Waals surface area contributed by atoms with Crippen LogP contribution in [0.25, 0.3) is 22.0 Å². The molecule has 206 valence electrons. The van der Waals surface area contributed by atoms with Gasteiger partial charge in [-0.15, -0.1) is 0 Å². The minimum Gasteiger partial charge on any atom is -0.392 e. The zero-order valence-corrected chi connectivity index (χ0v) is 23.7. The summed E-state index contributed by atoms with van der Waals surface area (Å²) in [6, 6.07) is 9.81. The van der Waals surface area contributed by atoms with E-state index >= 15 is 0 Å². The van der Waals surface area contributed by atoms with Gasteiger partial charge in [-0.1, -0.05) is 36.2 Å². The lowest BCUT2D eigenvalue weighted by molar-refractivity contribution is 0.0967. The number of anilines is 1. The molecule has 1 unspecified atom stereocenters. The molecular formula is C31H35Cl2N3O3. The Morgan fingerprint density at radius 1 is 1.03 bits per heavy atom. The Kier molecular flexibility index (Phi) is 8.87. The second kappa shape index (κ2) is 12.3. The molecule has 2 heterocycles. The molecular weight excluding hydrogens is 533 g/mol. The van der Waals surface area contributed by atoms with Crippen LogP contribution in [0.4, 0.5) is 5.69 Å². The second-order valence-corrected chi connectivity index (χ2v) is 12.0. The van der Waals surface area contributed by atoms with Crippen LogP contribution in [0.3, 0.4) is 0 Å². The van der Waals surface area contributed by atoms with Gasteiger partial charge in [0.15, 0.2) is 12.1 Å². The quantitative estimate of drug-likeness (QED) is 0.220. The Morgan fingerprint density at radius 2 is 1.74 bits per heavy atom. The van der Waals surface area contributed by atoms with Crippen LogP contribution < -0.4 is 10.6 Å². The number of aromatic nitrogens is 1. The van der Waals surface area contributed by atoms with Crippen molar-refractivity contribution in [1.82, 2.24) is 10.3 Å². The van der Waals surface area contributed by atoms with E-state index in [0.29, 0.717) is 27.9 Å². The zero-order chi connectivity index (χ0) is 27.5. The van der Waals surface area contributed by atoms with E-state index < -0.39 is 0 Å². The number of nitrogens with zero attached hydrogens (tertiary/aromatic N) is 1. The zero-order valence-electron chi connectivity index (χ0n) is 22.2. The van der Waals surface area contributed by atoms with Crippen LogP contribution in [0, 0.1) is 11.8 Å². The smallest absolute Gasteiger partial charge is 0.169 e. The number of rotatable bonds is 6. The number of aliphatic hydroxyl groups excluding tert-OH is 1. The maximum absolute atomic E-state index is 13.1. The van der Waals surface area contributed by atoms with Crippen LogP contribution in [-0.4, -0.2) is 47.4 Å². The molecule has 0 bridgehead atoms. The summed E-state index contributed by atoms with van der Waals surface area (Å²) in [6.07, 6.45) is 9.76. The lowest BCUT2D eigenvalue weighted by atomic mass is 9.87. The molecule has 2 aliphatic carbocycles. The molecule has 1 aromatic heterocycles. The van der Waals surface area contributed by atoms with Crippen LogP contribution in [0.5, 0.6) is 0 Å². The molecule has 6 nitrogen and oxygen atoms in total. The highest BCUT2D eigenvalue weighted by atomic mass is 35.5. The number of aliphatic hydroxyl groups is 1. The number of hydrogen-bond acceptors (Lipinski definition) is 6. The summed E-state index contributed by atoms with van der Waals surface area (Å²) in [6.45, 7) is 4.08. The Labute approximate surface area is 239 Å². The van der Waals surface area contributed by atoms with Gasteiger partial charge in [0.2, 0.25) is 0 Å². The van der Waals surface area contributed by atoms with Crippen molar-refractivity contribution < 1.29 is 14.7 Å². The molecule has 0 amide bonds. The molecule has 3 N–H and O–H groups in total. The molecule has 3 fully saturated rings. The summed E-state index contributed by atoms with van der Waals surface area (Å²) in [4.78, 5) is 29.0. The van der Waals surface area contributed by atoms with E-state index in [9.17, 15) is 9.59 Å². The minimum absolute atomic E-state index is 0.0648. The fourth-order valence-electron chi connectivity index (χ4n) is 5.39. The van der Waals surface area contributed by atoms with Gasteiger partial charge in [-0.2, -0.15) is 0 Å². The number of hydrogen-bond donors (Lipinski definition) is 3. The summed E-state index contributed by atoms with van der Waals surface area (Å²) in [5.74, 6) is 1.05. The molecule has 3 aliphatic rings. The predicted octanol–water partition coefficient (Wildman–Crippen LogP) is 6.95. The maximum atomic E-state index is 13.1. The summed E-state index contributed by atoms with van der Waals surface area (Å²) in [5, 5.41) is 17.0. The van der Waals surface area contributed by atoms with Crippen LogP contribution in [0.2, 0.25) is 10.0 Å². The molecule has 1 aliphatic heterocycles. The number of benzene rings is 2. The van der Waals surface area contributed by atoms with Crippen LogP contribution in [0.15, 0.2) is 36.5 Å². The first kappa shape index (κ1) is 28.0. The molecule has 2 aromatic carbocycles. The molecule has 1 saturated heterocycles. The highest BCUT2D eigenvalue weighted by Gasteiger charge is 2.33. The van der Waals surface area contributed by atoms with E-state index in [4.69, 9.17) is 28.3 Å². The maximum Gasteiger partial charge on any atom is 0.169 e. The Hall–Kier alpha value is -2.51. The highest BCUT2D eigenvalue weighted by molar-refractivity contribution is 6.39. The second-order valence-electron chi connectivity index (χ2n) is 11.1. The van der Waals surface area contributed by atoms with Crippen molar-refractivity contribution in [3.05, 3.63) is 57.7 Å². The number of aldehydes is 1. The summed E-state index contributed by atoms with van der Waals surface area (Å²) in [7, 11) is 0. The number of fused-ring (bicyclic) bond motifs is 1. The van der Waals surface area contributed by atoms with E-state index in [-0.39, 0.29) is 23.4 Å². The van der Waals surface area contributed by atoms with E-state index in [2.05, 4.69) is 22.5 Å². The van der Waals surface area contributed by atoms with E-state index in [1.807, 2.05) is 18.2 Å². The van der Waals surface area contributed by atoms with Crippen molar-refractivity contribution in [1.29, 1.82) is 0 Å². The third-order valence-electron chi connectivity index (χ3n) is 8.01. The number of Topliss-reactive ketones (excluding diaryl/α,β-unsaturated/α-hetero) is 1. The standard InChI is InChI=1S/C27H26Cl2N2O2.C4H9NO/c1-15-2-7-19(8-3-15)31-26-20-10-17(18-11-23(28)22(14-32)24(29)12-18)6-9-25(20)30-13-21(26)27(33)16-4-5-16;6-4-1-2-5-3-4/h6,9-16,19H,2-5,7-8H2,1H3,(H,30,31);4-6H,1-3H2. The number of nitrogens with one attached hydrogen (secondary N) is 2. The number of pyridine rings is 1. The van der Waals surface area contributed by atoms with Crippen molar-refractivity contribution in [2.24, 2.45) is 11.8 Å². The van der Waals surface area contributed by atoms with Gasteiger partial charge in [-0.05, 0) is 92.8 Å². The Balaban J connectivity index is 0.000000455. The fourth-order valence-corrected chi connectivity index (χ4v) is 5.97. The average molecular weight is 569 g/mol. The predicted molar refractivity (Wildman–Crippen MR) is 158 cm³/mol. The monoisotopic (exact) mass is 567 g/mol. The van der Waals surface area contributed by atoms with E-state index in [1.54, 1.807) is 18.3 Å². The Bertz CT molecular complexity index is 1340. The van der Waals surface area contributed by atoms with Crippen LogP contribution in [0.1, 0.15) is 72.6 Å². The lowest BCUT2D eigenvalue weighted by Gasteiger charge is -2.29. The van der Waals surface area contributed by atoms with E-state index in [1.165, 1.54) is 12.8 Å². The van der Waals surface area contributed by atoms with Gasteiger partial charge >= 0.3 is 0 Å². The third-order valence-corrected chi connectivity index (χ3v) is 8.64. The SMILES string of the molecule is CC1CCC(Nc2c(C(=O)C3CC3)cnc3ccc(-c4cc(Cl)c(C=O)c(Cl)c4)cc23)CC1.OC1CCNC1. The molecule has 0 spiro atoms. The molecule has 6 rings (SSSR count). The summed E-state index contributed by atoms with van der Waals surface area (Å²) >= 11 is 12.6. The van der Waals surface area contributed by atoms with Crippen molar-refractivity contribution in [2.45, 2.75) is 64.0 Å². The first-order valence-electron chi connectivity index (χ1n) is 13.9.